The Labute approximate surface area is 82.0 Å². The van der Waals surface area contributed by atoms with Gasteiger partial charge in [0, 0.05) is 0 Å². The molecule has 0 aromatic carbocycles. The molecule has 4 nitrogen and oxygen atoms in total. The Bertz CT molecular complexity index is 207. The molecular weight excluding hydrogens is 167 g/mol. The monoisotopic (exact) mass is 174 g/mol. The van der Waals surface area contributed by atoms with Crippen LogP contribution in [0.25, 0.3) is 0 Å². The van der Waals surface area contributed by atoms with Gasteiger partial charge in [-0.1, -0.05) is 6.58 Å². The Morgan fingerprint density at radius 1 is 1.70 bits per heavy atom. The summed E-state index contributed by atoms with van der Waals surface area (Å²) in [6.07, 6.45) is 0. The number of aliphatic hydroxyl groups excluding tert-OH is 1. The van der Waals surface area contributed by atoms with E-state index in [1.54, 1.807) is 0 Å². The average molecular weight is 174 g/mol. The zero-order valence-electron chi connectivity index (χ0n) is 5.86. The van der Waals surface area contributed by atoms with Gasteiger partial charge in [-0.25, -0.2) is 8.42 Å². The van der Waals surface area contributed by atoms with Crippen molar-refractivity contribution in [3.63, 3.8) is 0 Å². The molecule has 0 fully saturated rings. The third kappa shape index (κ3) is 4.43. The number of hydrogen-bond acceptors (Lipinski definition) is 4. The number of hydrogen-bond donors (Lipinski definition) is 1. The van der Waals surface area contributed by atoms with Crippen molar-refractivity contribution in [2.24, 2.45) is 0 Å². The topological polar surface area (TPSA) is 77.4 Å². The molecule has 0 rings (SSSR count). The van der Waals surface area contributed by atoms with E-state index in [1.165, 1.54) is 6.92 Å². The molecule has 6 heteroatoms. The molecule has 1 N–H and O–H groups in total. The van der Waals surface area contributed by atoms with Crippen LogP contribution in [0, 0.1) is 0 Å². The molecule has 0 saturated heterocycles. The van der Waals surface area contributed by atoms with Crippen LogP contribution in [0.15, 0.2) is 12.2 Å². The first-order valence-corrected chi connectivity index (χ1v) is 3.61. The van der Waals surface area contributed by atoms with Crippen molar-refractivity contribution < 1.29 is 47.6 Å². The molecule has 1 unspecified atom stereocenters. The van der Waals surface area contributed by atoms with Gasteiger partial charge in [-0.05, 0) is 12.5 Å². The molecule has 0 bridgehead atoms. The van der Waals surface area contributed by atoms with Crippen LogP contribution >= 0.6 is 0 Å². The second kappa shape index (κ2) is 4.48. The third-order valence-corrected chi connectivity index (χ3v) is 1.64. The molecule has 10 heavy (non-hydrogen) atoms. The molecule has 0 saturated carbocycles. The van der Waals surface area contributed by atoms with Crippen LogP contribution in [0.3, 0.4) is 0 Å². The molecular formula is C4H7NaO4S. The van der Waals surface area contributed by atoms with Gasteiger partial charge in [-0.3, -0.25) is 0 Å². The van der Waals surface area contributed by atoms with Crippen molar-refractivity contribution in [2.45, 2.75) is 12.4 Å². The Hall–Kier alpha value is 0.610. The van der Waals surface area contributed by atoms with Crippen molar-refractivity contribution in [2.75, 3.05) is 0 Å². The van der Waals surface area contributed by atoms with Crippen LogP contribution < -0.4 is 29.6 Å². The zero-order chi connectivity index (χ0) is 7.65. The zero-order valence-corrected chi connectivity index (χ0v) is 8.68. The van der Waals surface area contributed by atoms with E-state index in [0.29, 0.717) is 0 Å². The van der Waals surface area contributed by atoms with Crippen LogP contribution in [-0.2, 0) is 10.1 Å². The first-order valence-electron chi connectivity index (χ1n) is 2.14. The molecule has 0 amide bonds. The van der Waals surface area contributed by atoms with E-state index in [0.717, 1.165) is 0 Å². The minimum atomic E-state index is -4.60. The van der Waals surface area contributed by atoms with Crippen molar-refractivity contribution >= 4 is 10.1 Å². The minimum absolute atomic E-state index is 0. The normalized spacial score (nSPS) is 13.5. The maximum atomic E-state index is 9.91. The van der Waals surface area contributed by atoms with Gasteiger partial charge in [0.25, 0.3) is 0 Å². The predicted octanol–water partition coefficient (Wildman–Crippen LogP) is -3.57. The van der Waals surface area contributed by atoms with E-state index in [9.17, 15) is 13.0 Å². The molecule has 0 spiro atoms. The molecule has 0 aliphatic rings. The van der Waals surface area contributed by atoms with E-state index >= 15 is 0 Å². The van der Waals surface area contributed by atoms with Crippen LogP contribution in [0.4, 0.5) is 0 Å². The van der Waals surface area contributed by atoms with E-state index in [4.69, 9.17) is 5.11 Å². The fourth-order valence-corrected chi connectivity index (χ4v) is 0.739. The Morgan fingerprint density at radius 2 is 2.00 bits per heavy atom. The summed E-state index contributed by atoms with van der Waals surface area (Å²) in [5, 5.41) is 8.46. The number of rotatable bonds is 2. The van der Waals surface area contributed by atoms with E-state index in [2.05, 4.69) is 6.58 Å². The van der Waals surface area contributed by atoms with Gasteiger partial charge in [-0.2, -0.15) is 0 Å². The molecule has 0 aromatic heterocycles. The SMILES string of the molecule is C=C(C)C(O)S(=O)(=O)[O-].[Na+]. The van der Waals surface area contributed by atoms with Crippen LogP contribution in [0.1, 0.15) is 6.92 Å². The Balaban J connectivity index is 0. The van der Waals surface area contributed by atoms with Crippen molar-refractivity contribution in [1.82, 2.24) is 0 Å². The van der Waals surface area contributed by atoms with Gasteiger partial charge in [0.1, 0.15) is 10.1 Å². The van der Waals surface area contributed by atoms with Crippen molar-refractivity contribution in [3.8, 4) is 0 Å². The summed E-state index contributed by atoms with van der Waals surface area (Å²) < 4.78 is 29.7. The summed E-state index contributed by atoms with van der Waals surface area (Å²) >= 11 is 0. The average Bonchev–Trinajstić information content (AvgIpc) is 1.62. The minimum Gasteiger partial charge on any atom is -0.746 e. The van der Waals surface area contributed by atoms with Crippen LogP contribution in [0.2, 0.25) is 0 Å². The molecule has 0 aromatic rings. The Morgan fingerprint density at radius 3 is 2.00 bits per heavy atom. The fourth-order valence-electron chi connectivity index (χ4n) is 0.246. The maximum absolute atomic E-state index is 9.91. The van der Waals surface area contributed by atoms with Gasteiger partial charge in [-0.15, -0.1) is 0 Å². The third-order valence-electron chi connectivity index (χ3n) is 0.695. The van der Waals surface area contributed by atoms with Gasteiger partial charge in [0.2, 0.25) is 0 Å². The second-order valence-electron chi connectivity index (χ2n) is 1.69. The summed E-state index contributed by atoms with van der Waals surface area (Å²) in [7, 11) is -4.60. The molecule has 1 atom stereocenters. The standard InChI is InChI=1S/C4H8O4S.Na/c1-3(2)4(5)9(6,7)8;/h4-5H,1H2,2H3,(H,6,7,8);/q;+1/p-1. The van der Waals surface area contributed by atoms with Gasteiger partial charge in [0.05, 0.1) is 0 Å². The second-order valence-corrected chi connectivity index (χ2v) is 3.12. The molecule has 54 valence electrons. The van der Waals surface area contributed by atoms with Gasteiger partial charge >= 0.3 is 29.6 Å². The molecule has 0 aliphatic heterocycles. The summed E-state index contributed by atoms with van der Waals surface area (Å²) in [6.45, 7) is 4.36. The van der Waals surface area contributed by atoms with Gasteiger partial charge < -0.3 is 9.66 Å². The maximum Gasteiger partial charge on any atom is 1.00 e. The first kappa shape index (κ1) is 13.2. The van der Waals surface area contributed by atoms with Crippen LogP contribution in [0.5, 0.6) is 0 Å². The van der Waals surface area contributed by atoms with Crippen LogP contribution in [-0.4, -0.2) is 23.5 Å². The quantitative estimate of drug-likeness (QED) is 0.267. The molecule has 0 heterocycles. The molecule has 0 radical (unpaired) electrons. The largest absolute Gasteiger partial charge is 1.00 e. The van der Waals surface area contributed by atoms with Crippen molar-refractivity contribution in [1.29, 1.82) is 0 Å². The Kier molecular flexibility index (Phi) is 5.92. The summed E-state index contributed by atoms with van der Waals surface area (Å²) in [6, 6.07) is 0. The van der Waals surface area contributed by atoms with E-state index < -0.39 is 15.6 Å². The van der Waals surface area contributed by atoms with E-state index in [-0.39, 0.29) is 35.1 Å². The summed E-state index contributed by atoms with van der Waals surface area (Å²) in [5.74, 6) is 0. The van der Waals surface area contributed by atoms with E-state index in [1.807, 2.05) is 0 Å². The van der Waals surface area contributed by atoms with Crippen molar-refractivity contribution in [3.05, 3.63) is 12.2 Å². The first-order chi connectivity index (χ1) is 3.85. The summed E-state index contributed by atoms with van der Waals surface area (Å²) in [4.78, 5) is 0. The number of aliphatic hydroxyl groups is 1. The predicted molar refractivity (Wildman–Crippen MR) is 30.5 cm³/mol. The fraction of sp³-hybridized carbons (Fsp3) is 0.500. The van der Waals surface area contributed by atoms with Gasteiger partial charge in [0.15, 0.2) is 5.44 Å². The summed E-state index contributed by atoms with van der Waals surface area (Å²) in [5.41, 5.74) is -2.03. The smallest absolute Gasteiger partial charge is 0.746 e. The molecule has 0 aliphatic carbocycles.